The fraction of sp³-hybridized carbons (Fsp3) is 0.353. The van der Waals surface area contributed by atoms with Crippen LogP contribution in [-0.4, -0.2) is 31.5 Å². The molecule has 3 aromatic rings. The van der Waals surface area contributed by atoms with E-state index in [1.807, 2.05) is 41.1 Å². The summed E-state index contributed by atoms with van der Waals surface area (Å²) in [5.41, 5.74) is 1.07. The Kier molecular flexibility index (Phi) is 4.41. The minimum absolute atomic E-state index is 0.00479. The normalized spacial score (nSPS) is 12.7. The number of nitrogens with zero attached hydrogens (tertiary/aromatic N) is 4. The Morgan fingerprint density at radius 3 is 2.78 bits per heavy atom. The number of amides is 1. The number of nitrogens with one attached hydrogen (secondary N) is 1. The molecule has 1 atom stereocenters. The zero-order chi connectivity index (χ0) is 16.2. The molecule has 6 nitrogen and oxygen atoms in total. The maximum absolute atomic E-state index is 12.4. The van der Waals surface area contributed by atoms with Gasteiger partial charge in [-0.15, -0.1) is 5.10 Å². The second-order valence-corrected chi connectivity index (χ2v) is 6.05. The Morgan fingerprint density at radius 1 is 1.22 bits per heavy atom. The molecule has 120 valence electrons. The van der Waals surface area contributed by atoms with Crippen LogP contribution in [0.2, 0.25) is 0 Å². The smallest absolute Gasteiger partial charge is 0.240 e. The Labute approximate surface area is 135 Å². The molecule has 0 aliphatic carbocycles. The molecule has 1 N–H and O–H groups in total. The van der Waals surface area contributed by atoms with Crippen LogP contribution in [-0.2, 0) is 17.9 Å². The monoisotopic (exact) mass is 311 g/mol. The quantitative estimate of drug-likeness (QED) is 0.758. The Morgan fingerprint density at radius 2 is 2.04 bits per heavy atom. The van der Waals surface area contributed by atoms with Crippen LogP contribution in [0, 0.1) is 5.92 Å². The summed E-state index contributed by atoms with van der Waals surface area (Å²) < 4.78 is 3.72. The van der Waals surface area contributed by atoms with Crippen LogP contribution >= 0.6 is 0 Å². The first-order valence-electron chi connectivity index (χ1n) is 7.81. The fourth-order valence-electron chi connectivity index (χ4n) is 2.64. The van der Waals surface area contributed by atoms with Gasteiger partial charge in [0.05, 0.1) is 18.8 Å². The van der Waals surface area contributed by atoms with Crippen molar-refractivity contribution in [2.24, 2.45) is 5.92 Å². The third-order valence-electron chi connectivity index (χ3n) is 4.00. The van der Waals surface area contributed by atoms with Crippen molar-refractivity contribution in [2.45, 2.75) is 33.0 Å². The molecule has 23 heavy (non-hydrogen) atoms. The third kappa shape index (κ3) is 3.59. The van der Waals surface area contributed by atoms with Gasteiger partial charge in [-0.2, -0.15) is 0 Å². The highest BCUT2D eigenvalue weighted by atomic mass is 16.2. The number of carbonyl (C=O) groups excluding carboxylic acids is 1. The number of para-hydroxylation sites is 1. The molecule has 0 saturated heterocycles. The molecule has 0 saturated carbocycles. The van der Waals surface area contributed by atoms with Crippen LogP contribution in [0.3, 0.4) is 0 Å². The van der Waals surface area contributed by atoms with E-state index in [-0.39, 0.29) is 11.9 Å². The van der Waals surface area contributed by atoms with Crippen molar-refractivity contribution >= 4 is 16.8 Å². The van der Waals surface area contributed by atoms with Crippen molar-refractivity contribution in [3.05, 3.63) is 48.9 Å². The molecule has 1 aromatic carbocycles. The SMILES string of the molecule is CC(C)C(Cn1ccnn1)NC(=O)Cn1ccc2ccccc21. The number of fused-ring (bicyclic) bond motifs is 1. The average molecular weight is 311 g/mol. The van der Waals surface area contributed by atoms with E-state index >= 15 is 0 Å². The van der Waals surface area contributed by atoms with Crippen LogP contribution in [0.5, 0.6) is 0 Å². The standard InChI is InChI=1S/C17H21N5O/c1-13(2)15(11-22-10-8-18-20-22)19-17(23)12-21-9-7-14-5-3-4-6-16(14)21/h3-10,13,15H,11-12H2,1-2H3,(H,19,23). The van der Waals surface area contributed by atoms with E-state index in [0.717, 1.165) is 10.9 Å². The minimum atomic E-state index is 0.00479. The minimum Gasteiger partial charge on any atom is -0.350 e. The Hall–Kier alpha value is -2.63. The molecule has 0 radical (unpaired) electrons. The predicted molar refractivity (Wildman–Crippen MR) is 88.7 cm³/mol. The lowest BCUT2D eigenvalue weighted by Crippen LogP contribution is -2.43. The van der Waals surface area contributed by atoms with Crippen LogP contribution in [0.15, 0.2) is 48.9 Å². The summed E-state index contributed by atoms with van der Waals surface area (Å²) in [7, 11) is 0. The molecule has 0 bridgehead atoms. The predicted octanol–water partition coefficient (Wildman–Crippen LogP) is 2.07. The fourth-order valence-corrected chi connectivity index (χ4v) is 2.64. The molecule has 2 aromatic heterocycles. The van der Waals surface area contributed by atoms with E-state index < -0.39 is 0 Å². The van der Waals surface area contributed by atoms with E-state index in [4.69, 9.17) is 0 Å². The van der Waals surface area contributed by atoms with Gasteiger partial charge in [0, 0.05) is 17.9 Å². The summed E-state index contributed by atoms with van der Waals surface area (Å²) >= 11 is 0. The van der Waals surface area contributed by atoms with Gasteiger partial charge in [-0.3, -0.25) is 9.48 Å². The first-order valence-corrected chi connectivity index (χ1v) is 7.81. The molecule has 1 amide bonds. The average Bonchev–Trinajstić information content (AvgIpc) is 3.17. The summed E-state index contributed by atoms with van der Waals surface area (Å²) in [4.78, 5) is 12.4. The van der Waals surface area contributed by atoms with Crippen molar-refractivity contribution < 1.29 is 4.79 Å². The van der Waals surface area contributed by atoms with E-state index in [2.05, 4.69) is 29.5 Å². The van der Waals surface area contributed by atoms with E-state index in [1.165, 1.54) is 0 Å². The lowest BCUT2D eigenvalue weighted by Gasteiger charge is -2.22. The van der Waals surface area contributed by atoms with Gasteiger partial charge in [0.2, 0.25) is 5.91 Å². The lowest BCUT2D eigenvalue weighted by molar-refractivity contribution is -0.122. The van der Waals surface area contributed by atoms with Gasteiger partial charge in [-0.25, -0.2) is 0 Å². The summed E-state index contributed by atoms with van der Waals surface area (Å²) in [5, 5.41) is 12.0. The number of aromatic nitrogens is 4. The second-order valence-electron chi connectivity index (χ2n) is 6.05. The first kappa shape index (κ1) is 15.3. The van der Waals surface area contributed by atoms with Crippen LogP contribution < -0.4 is 5.32 Å². The van der Waals surface area contributed by atoms with Gasteiger partial charge in [0.1, 0.15) is 6.54 Å². The molecule has 0 aliphatic rings. The number of carbonyl (C=O) groups is 1. The number of hydrogen-bond donors (Lipinski definition) is 1. The number of benzene rings is 1. The van der Waals surface area contributed by atoms with Crippen LogP contribution in [0.25, 0.3) is 10.9 Å². The maximum Gasteiger partial charge on any atom is 0.240 e. The van der Waals surface area contributed by atoms with Crippen LogP contribution in [0.1, 0.15) is 13.8 Å². The van der Waals surface area contributed by atoms with Crippen molar-refractivity contribution in [2.75, 3.05) is 0 Å². The topological polar surface area (TPSA) is 64.7 Å². The third-order valence-corrected chi connectivity index (χ3v) is 4.00. The maximum atomic E-state index is 12.4. The summed E-state index contributed by atoms with van der Waals surface area (Å²) in [6, 6.07) is 10.1. The van der Waals surface area contributed by atoms with E-state index in [1.54, 1.807) is 17.1 Å². The van der Waals surface area contributed by atoms with Gasteiger partial charge < -0.3 is 9.88 Å². The highest BCUT2D eigenvalue weighted by Gasteiger charge is 2.17. The lowest BCUT2D eigenvalue weighted by atomic mass is 10.0. The van der Waals surface area contributed by atoms with Crippen molar-refractivity contribution in [1.29, 1.82) is 0 Å². The van der Waals surface area contributed by atoms with E-state index in [0.29, 0.717) is 19.0 Å². The molecular formula is C17H21N5O. The van der Waals surface area contributed by atoms with E-state index in [9.17, 15) is 4.79 Å². The van der Waals surface area contributed by atoms with Gasteiger partial charge in [-0.1, -0.05) is 37.3 Å². The van der Waals surface area contributed by atoms with Gasteiger partial charge in [0.15, 0.2) is 0 Å². The first-order chi connectivity index (χ1) is 11.1. The molecular weight excluding hydrogens is 290 g/mol. The second kappa shape index (κ2) is 6.64. The molecule has 1 unspecified atom stereocenters. The zero-order valence-electron chi connectivity index (χ0n) is 13.4. The summed E-state index contributed by atoms with van der Waals surface area (Å²) in [6.45, 7) is 5.11. The molecule has 3 rings (SSSR count). The highest BCUT2D eigenvalue weighted by molar-refractivity contribution is 5.83. The molecule has 0 spiro atoms. The summed E-state index contributed by atoms with van der Waals surface area (Å²) in [5.74, 6) is 0.315. The van der Waals surface area contributed by atoms with Crippen molar-refractivity contribution in [3.8, 4) is 0 Å². The van der Waals surface area contributed by atoms with Crippen molar-refractivity contribution in [1.82, 2.24) is 24.9 Å². The number of hydrogen-bond acceptors (Lipinski definition) is 3. The Balaban J connectivity index is 1.67. The largest absolute Gasteiger partial charge is 0.350 e. The van der Waals surface area contributed by atoms with Gasteiger partial charge >= 0.3 is 0 Å². The van der Waals surface area contributed by atoms with Gasteiger partial charge in [-0.05, 0) is 23.4 Å². The molecule has 0 aliphatic heterocycles. The number of rotatable bonds is 6. The Bertz CT molecular complexity index is 775. The zero-order valence-corrected chi connectivity index (χ0v) is 13.4. The summed E-state index contributed by atoms with van der Waals surface area (Å²) in [6.07, 6.45) is 5.40. The molecule has 6 heteroatoms. The van der Waals surface area contributed by atoms with Gasteiger partial charge in [0.25, 0.3) is 0 Å². The highest BCUT2D eigenvalue weighted by Crippen LogP contribution is 2.15. The molecule has 2 heterocycles. The van der Waals surface area contributed by atoms with Crippen LogP contribution in [0.4, 0.5) is 0 Å². The molecule has 0 fully saturated rings. The van der Waals surface area contributed by atoms with Crippen molar-refractivity contribution in [3.63, 3.8) is 0 Å².